The molecule has 0 saturated heterocycles. The molecule has 40 heavy (non-hydrogen) atoms. The summed E-state index contributed by atoms with van der Waals surface area (Å²) in [5.74, 6) is -2.92. The van der Waals surface area contributed by atoms with Gasteiger partial charge in [-0.15, -0.1) is 0 Å². The predicted octanol–water partition coefficient (Wildman–Crippen LogP) is 5.37. The lowest BCUT2D eigenvalue weighted by Crippen LogP contribution is -2.25. The molecule has 1 N–H and O–H groups in total. The Balaban J connectivity index is 1.45. The Morgan fingerprint density at radius 3 is 2.30 bits per heavy atom. The molecule has 0 saturated carbocycles. The van der Waals surface area contributed by atoms with Crippen molar-refractivity contribution in [3.8, 4) is 28.7 Å². The van der Waals surface area contributed by atoms with E-state index in [0.717, 1.165) is 6.07 Å². The van der Waals surface area contributed by atoms with Crippen LogP contribution in [0.4, 0.5) is 14.5 Å². The summed E-state index contributed by atoms with van der Waals surface area (Å²) >= 11 is 0. The first-order chi connectivity index (χ1) is 19.2. The summed E-state index contributed by atoms with van der Waals surface area (Å²) in [4.78, 5) is 30.4. The van der Waals surface area contributed by atoms with Gasteiger partial charge >= 0.3 is 0 Å². The maximum absolute atomic E-state index is 15.1. The molecular formula is C29H24F2N4O5. The first kappa shape index (κ1) is 26.4. The maximum atomic E-state index is 15.1. The molecule has 5 aromatic rings. The lowest BCUT2D eigenvalue weighted by molar-refractivity contribution is 0.102. The highest BCUT2D eigenvalue weighted by Crippen LogP contribution is 2.38. The molecule has 0 atom stereocenters. The molecule has 0 fully saturated rings. The number of hydrogen-bond acceptors (Lipinski definition) is 6. The Labute approximate surface area is 227 Å². The Bertz CT molecular complexity index is 1820. The smallest absolute Gasteiger partial charge is 0.284 e. The first-order valence-corrected chi connectivity index (χ1v) is 12.1. The highest BCUT2D eigenvalue weighted by Gasteiger charge is 2.25. The number of rotatable bonds is 7. The number of amides is 1. The molecule has 1 amide bonds. The number of para-hydroxylation sites is 1. The fraction of sp³-hybridized carbons (Fsp3) is 0.138. The van der Waals surface area contributed by atoms with Gasteiger partial charge in [0.15, 0.2) is 23.1 Å². The normalized spacial score (nSPS) is 10.9. The number of ether oxygens (including phenoxy) is 3. The highest BCUT2D eigenvalue weighted by atomic mass is 19.2. The molecule has 0 aliphatic heterocycles. The number of nitrogens with one attached hydrogen (secondary N) is 1. The molecule has 0 radical (unpaired) electrons. The summed E-state index contributed by atoms with van der Waals surface area (Å²) in [5, 5.41) is 2.79. The van der Waals surface area contributed by atoms with E-state index in [1.807, 2.05) is 0 Å². The lowest BCUT2D eigenvalue weighted by atomic mass is 10.1. The average molecular weight is 547 g/mol. The molecule has 11 heteroatoms. The number of carbonyl (C=O) groups is 1. The Morgan fingerprint density at radius 2 is 1.60 bits per heavy atom. The van der Waals surface area contributed by atoms with Gasteiger partial charge in [0.05, 0.1) is 36.8 Å². The van der Waals surface area contributed by atoms with E-state index in [0.29, 0.717) is 33.8 Å². The third-order valence-corrected chi connectivity index (χ3v) is 6.50. The van der Waals surface area contributed by atoms with Crippen LogP contribution < -0.4 is 25.1 Å². The van der Waals surface area contributed by atoms with E-state index in [9.17, 15) is 9.59 Å². The van der Waals surface area contributed by atoms with E-state index in [-0.39, 0.29) is 11.3 Å². The largest absolute Gasteiger partial charge is 0.493 e. The molecule has 0 unspecified atom stereocenters. The van der Waals surface area contributed by atoms with E-state index < -0.39 is 34.5 Å². The zero-order valence-electron chi connectivity index (χ0n) is 22.0. The number of pyridine rings is 1. The van der Waals surface area contributed by atoms with Gasteiger partial charge in [0.25, 0.3) is 11.5 Å². The number of nitrogens with zero attached hydrogens (tertiary/aromatic N) is 3. The van der Waals surface area contributed by atoms with Crippen LogP contribution in [0.15, 0.2) is 71.7 Å². The average Bonchev–Trinajstić information content (AvgIpc) is 3.19. The van der Waals surface area contributed by atoms with Crippen LogP contribution in [0.2, 0.25) is 0 Å². The summed E-state index contributed by atoms with van der Waals surface area (Å²) < 4.78 is 49.4. The summed E-state index contributed by atoms with van der Waals surface area (Å²) in [5.41, 5.74) is 0.147. The number of carbonyl (C=O) groups excluding carboxylic acids is 1. The summed E-state index contributed by atoms with van der Waals surface area (Å²) in [7, 11) is 4.58. The van der Waals surface area contributed by atoms with Crippen molar-refractivity contribution < 1.29 is 27.8 Å². The third-order valence-electron chi connectivity index (χ3n) is 6.50. The second kappa shape index (κ2) is 10.5. The molecule has 2 aromatic heterocycles. The second-order valence-corrected chi connectivity index (χ2v) is 8.77. The second-order valence-electron chi connectivity index (χ2n) is 8.77. The Morgan fingerprint density at radius 1 is 0.900 bits per heavy atom. The fourth-order valence-corrected chi connectivity index (χ4v) is 4.38. The van der Waals surface area contributed by atoms with Crippen molar-refractivity contribution in [3.63, 3.8) is 0 Å². The van der Waals surface area contributed by atoms with Gasteiger partial charge in [0.1, 0.15) is 11.3 Å². The minimum atomic E-state index is -1.35. The van der Waals surface area contributed by atoms with Crippen molar-refractivity contribution in [2.45, 2.75) is 6.92 Å². The van der Waals surface area contributed by atoms with Crippen LogP contribution in [0.3, 0.4) is 0 Å². The monoisotopic (exact) mass is 546 g/mol. The molecule has 2 heterocycles. The summed E-state index contributed by atoms with van der Waals surface area (Å²) in [6, 6.07) is 15.8. The number of halogens is 2. The molecule has 9 nitrogen and oxygen atoms in total. The maximum Gasteiger partial charge on any atom is 0.284 e. The summed E-state index contributed by atoms with van der Waals surface area (Å²) in [6.07, 6.45) is 1.46. The van der Waals surface area contributed by atoms with Gasteiger partial charge in [-0.3, -0.25) is 19.3 Å². The standard InChI is InChI=1S/C29H24F2N4O5/c1-16-25(29(37)35(34(16)2)17-8-6-5-7-9-17)28(36)33-19-10-11-22(27(31)26(19)30)40-21-12-13-32-20-15-24(39-4)23(38-3)14-18(20)21/h5-15H,1-4H3,(H,33,36). The van der Waals surface area contributed by atoms with Crippen LogP contribution in [0, 0.1) is 18.6 Å². The van der Waals surface area contributed by atoms with Crippen LogP contribution in [-0.2, 0) is 7.05 Å². The van der Waals surface area contributed by atoms with Gasteiger partial charge in [-0.25, -0.2) is 9.07 Å². The highest BCUT2D eigenvalue weighted by molar-refractivity contribution is 6.05. The van der Waals surface area contributed by atoms with Gasteiger partial charge < -0.3 is 19.5 Å². The molecule has 0 aliphatic rings. The lowest BCUT2D eigenvalue weighted by Gasteiger charge is -2.14. The zero-order chi connectivity index (χ0) is 28.6. The molecule has 0 aliphatic carbocycles. The molecule has 0 spiro atoms. The van der Waals surface area contributed by atoms with E-state index in [4.69, 9.17) is 14.2 Å². The molecular weight excluding hydrogens is 522 g/mol. The van der Waals surface area contributed by atoms with E-state index in [1.165, 1.54) is 41.9 Å². The third kappa shape index (κ3) is 4.51. The zero-order valence-corrected chi connectivity index (χ0v) is 22.0. The number of fused-ring (bicyclic) bond motifs is 1. The van der Waals surface area contributed by atoms with Crippen molar-refractivity contribution in [1.82, 2.24) is 14.3 Å². The number of methoxy groups -OCH3 is 2. The SMILES string of the molecule is COc1cc2nccc(Oc3ccc(NC(=O)c4c(C)n(C)n(-c5ccccc5)c4=O)c(F)c3F)c2cc1OC. The van der Waals surface area contributed by atoms with Crippen LogP contribution in [0.25, 0.3) is 16.6 Å². The molecule has 3 aromatic carbocycles. The quantitative estimate of drug-likeness (QED) is 0.295. The van der Waals surface area contributed by atoms with Crippen molar-refractivity contribution in [2.75, 3.05) is 19.5 Å². The number of hydrogen-bond donors (Lipinski definition) is 1. The molecule has 5 rings (SSSR count). The van der Waals surface area contributed by atoms with Crippen LogP contribution >= 0.6 is 0 Å². The van der Waals surface area contributed by atoms with E-state index in [2.05, 4.69) is 10.3 Å². The van der Waals surface area contributed by atoms with Gasteiger partial charge in [0, 0.05) is 24.7 Å². The Hall–Kier alpha value is -5.19. The van der Waals surface area contributed by atoms with E-state index >= 15 is 8.78 Å². The topological polar surface area (TPSA) is 96.6 Å². The van der Waals surface area contributed by atoms with Gasteiger partial charge in [-0.1, -0.05) is 18.2 Å². The number of anilines is 1. The Kier molecular flexibility index (Phi) is 6.95. The predicted molar refractivity (Wildman–Crippen MR) is 145 cm³/mol. The van der Waals surface area contributed by atoms with Crippen molar-refractivity contribution in [3.05, 3.63) is 100 Å². The number of benzene rings is 3. The fourth-order valence-electron chi connectivity index (χ4n) is 4.38. The minimum Gasteiger partial charge on any atom is -0.493 e. The van der Waals surface area contributed by atoms with Crippen LogP contribution in [0.5, 0.6) is 23.0 Å². The van der Waals surface area contributed by atoms with Gasteiger partial charge in [-0.05, 0) is 43.3 Å². The molecule has 204 valence electrons. The molecule has 0 bridgehead atoms. The van der Waals surface area contributed by atoms with Gasteiger partial charge in [-0.2, -0.15) is 4.39 Å². The van der Waals surface area contributed by atoms with Crippen molar-refractivity contribution in [1.29, 1.82) is 0 Å². The van der Waals surface area contributed by atoms with Crippen molar-refractivity contribution >= 4 is 22.5 Å². The minimum absolute atomic E-state index is 0.195. The van der Waals surface area contributed by atoms with Gasteiger partial charge in [0.2, 0.25) is 5.82 Å². The van der Waals surface area contributed by atoms with Crippen LogP contribution in [-0.4, -0.2) is 34.5 Å². The first-order valence-electron chi connectivity index (χ1n) is 12.1. The van der Waals surface area contributed by atoms with E-state index in [1.54, 1.807) is 56.4 Å². The van der Waals surface area contributed by atoms with Crippen molar-refractivity contribution in [2.24, 2.45) is 7.05 Å². The number of aromatic nitrogens is 3. The van der Waals surface area contributed by atoms with Crippen LogP contribution in [0.1, 0.15) is 16.1 Å². The summed E-state index contributed by atoms with van der Waals surface area (Å²) in [6.45, 7) is 1.59.